The largest absolute Gasteiger partial charge is 0.368 e. The summed E-state index contributed by atoms with van der Waals surface area (Å²) in [6.07, 6.45) is 6.11. The number of nitrogens with one attached hydrogen (secondary N) is 2. The lowest BCUT2D eigenvalue weighted by Gasteiger charge is -2.36. The van der Waals surface area contributed by atoms with Crippen molar-refractivity contribution in [1.29, 1.82) is 5.26 Å². The van der Waals surface area contributed by atoms with E-state index in [9.17, 15) is 5.26 Å². The van der Waals surface area contributed by atoms with Crippen molar-refractivity contribution < 1.29 is 0 Å². The van der Waals surface area contributed by atoms with Crippen LogP contribution >= 0.6 is 24.0 Å². The number of benzene rings is 1. The summed E-state index contributed by atoms with van der Waals surface area (Å²) in [4.78, 5) is 9.37. The number of para-hydroxylation sites is 1. The van der Waals surface area contributed by atoms with Crippen LogP contribution in [0.2, 0.25) is 0 Å². The summed E-state index contributed by atoms with van der Waals surface area (Å²) < 4.78 is 1.83. The molecular formula is C23H35IN8. The molecule has 3 rings (SSSR count). The third kappa shape index (κ3) is 6.84. The SMILES string of the molecule is CCNC(=NCC(c1cnn(C)c1)N(C)C)NC1CCCN(c2ccccc2C#N)C1.I. The van der Waals surface area contributed by atoms with Gasteiger partial charge in [-0.15, -0.1) is 24.0 Å². The van der Waals surface area contributed by atoms with E-state index < -0.39 is 0 Å². The zero-order valence-corrected chi connectivity index (χ0v) is 21.8. The predicted octanol–water partition coefficient (Wildman–Crippen LogP) is 2.74. The molecular weight excluding hydrogens is 515 g/mol. The highest BCUT2D eigenvalue weighted by molar-refractivity contribution is 14.0. The van der Waals surface area contributed by atoms with E-state index >= 15 is 0 Å². The van der Waals surface area contributed by atoms with Crippen molar-refractivity contribution in [2.24, 2.45) is 12.0 Å². The Morgan fingerprint density at radius 1 is 1.38 bits per heavy atom. The highest BCUT2D eigenvalue weighted by Gasteiger charge is 2.23. The van der Waals surface area contributed by atoms with E-state index in [4.69, 9.17) is 4.99 Å². The number of aryl methyl sites for hydroxylation is 1. The predicted molar refractivity (Wildman–Crippen MR) is 141 cm³/mol. The molecule has 2 unspecified atom stereocenters. The fourth-order valence-electron chi connectivity index (χ4n) is 4.03. The summed E-state index contributed by atoms with van der Waals surface area (Å²) in [6, 6.07) is 10.6. The Labute approximate surface area is 208 Å². The van der Waals surface area contributed by atoms with Crippen LogP contribution in [0, 0.1) is 11.3 Å². The van der Waals surface area contributed by atoms with Gasteiger partial charge in [0.05, 0.1) is 30.0 Å². The van der Waals surface area contributed by atoms with Crippen LogP contribution in [0.4, 0.5) is 5.69 Å². The van der Waals surface area contributed by atoms with Crippen molar-refractivity contribution in [1.82, 2.24) is 25.3 Å². The summed E-state index contributed by atoms with van der Waals surface area (Å²) in [5.41, 5.74) is 2.90. The van der Waals surface area contributed by atoms with Crippen LogP contribution < -0.4 is 15.5 Å². The molecule has 0 amide bonds. The van der Waals surface area contributed by atoms with E-state index in [0.717, 1.165) is 55.2 Å². The van der Waals surface area contributed by atoms with Gasteiger partial charge in [0, 0.05) is 44.5 Å². The Hall–Kier alpha value is -2.32. The molecule has 32 heavy (non-hydrogen) atoms. The first kappa shape index (κ1) is 25.9. The molecule has 174 valence electrons. The Morgan fingerprint density at radius 3 is 2.81 bits per heavy atom. The lowest BCUT2D eigenvalue weighted by atomic mass is 10.0. The number of aliphatic imine (C=N–C) groups is 1. The van der Waals surface area contributed by atoms with Crippen LogP contribution in [0.3, 0.4) is 0 Å². The fraction of sp³-hybridized carbons (Fsp3) is 0.522. The Morgan fingerprint density at radius 2 is 2.16 bits per heavy atom. The number of guanidine groups is 1. The zero-order valence-electron chi connectivity index (χ0n) is 19.5. The Bertz CT molecular complexity index is 917. The van der Waals surface area contributed by atoms with Crippen LogP contribution in [0.1, 0.15) is 36.9 Å². The van der Waals surface area contributed by atoms with Gasteiger partial charge in [-0.25, -0.2) is 0 Å². The van der Waals surface area contributed by atoms with Gasteiger partial charge in [-0.05, 0) is 46.0 Å². The first-order valence-corrected chi connectivity index (χ1v) is 11.0. The second-order valence-electron chi connectivity index (χ2n) is 8.20. The third-order valence-corrected chi connectivity index (χ3v) is 5.63. The quantitative estimate of drug-likeness (QED) is 0.314. The van der Waals surface area contributed by atoms with Gasteiger partial charge in [0.25, 0.3) is 0 Å². The third-order valence-electron chi connectivity index (χ3n) is 5.63. The molecule has 8 nitrogen and oxygen atoms in total. The average Bonchev–Trinajstić information content (AvgIpc) is 3.19. The van der Waals surface area contributed by atoms with E-state index in [1.165, 1.54) is 0 Å². The lowest BCUT2D eigenvalue weighted by Crippen LogP contribution is -2.51. The zero-order chi connectivity index (χ0) is 22.2. The molecule has 2 heterocycles. The van der Waals surface area contributed by atoms with Gasteiger partial charge >= 0.3 is 0 Å². The average molecular weight is 550 g/mol. The number of nitrogens with zero attached hydrogens (tertiary/aromatic N) is 6. The monoisotopic (exact) mass is 550 g/mol. The lowest BCUT2D eigenvalue weighted by molar-refractivity contribution is 0.306. The summed E-state index contributed by atoms with van der Waals surface area (Å²) >= 11 is 0. The second-order valence-corrected chi connectivity index (χ2v) is 8.20. The maximum absolute atomic E-state index is 9.46. The molecule has 2 N–H and O–H groups in total. The normalized spacial score (nSPS) is 17.4. The highest BCUT2D eigenvalue weighted by Crippen LogP contribution is 2.23. The van der Waals surface area contributed by atoms with Crippen molar-refractivity contribution in [3.8, 4) is 6.07 Å². The summed E-state index contributed by atoms with van der Waals surface area (Å²) in [7, 11) is 6.07. The molecule has 0 saturated carbocycles. The molecule has 1 saturated heterocycles. The van der Waals surface area contributed by atoms with Crippen molar-refractivity contribution in [3.05, 3.63) is 47.8 Å². The molecule has 1 aliphatic rings. The van der Waals surface area contributed by atoms with Crippen LogP contribution in [0.15, 0.2) is 41.7 Å². The van der Waals surface area contributed by atoms with E-state index in [1.54, 1.807) is 0 Å². The van der Waals surface area contributed by atoms with E-state index in [1.807, 2.05) is 48.4 Å². The van der Waals surface area contributed by atoms with Crippen molar-refractivity contribution in [3.63, 3.8) is 0 Å². The van der Waals surface area contributed by atoms with E-state index in [0.29, 0.717) is 6.54 Å². The number of hydrogen-bond donors (Lipinski definition) is 2. The highest BCUT2D eigenvalue weighted by atomic mass is 127. The van der Waals surface area contributed by atoms with Crippen LogP contribution in [-0.2, 0) is 7.05 Å². The van der Waals surface area contributed by atoms with Crippen molar-refractivity contribution in [2.45, 2.75) is 31.8 Å². The van der Waals surface area contributed by atoms with E-state index in [2.05, 4.69) is 52.6 Å². The van der Waals surface area contributed by atoms with Crippen molar-refractivity contribution in [2.75, 3.05) is 45.2 Å². The molecule has 1 aliphatic heterocycles. The number of aromatic nitrogens is 2. The molecule has 0 bridgehead atoms. The standard InChI is InChI=1S/C23H34N8.HI/c1-5-25-23(26-15-22(29(2)3)19-14-27-30(4)16-19)28-20-10-8-12-31(17-20)21-11-7-6-9-18(21)13-24;/h6-7,9,11,14,16,20,22H,5,8,10,12,15,17H2,1-4H3,(H2,25,26,28);1H. The van der Waals surface area contributed by atoms with Crippen LogP contribution in [0.25, 0.3) is 0 Å². The maximum atomic E-state index is 9.46. The molecule has 1 aromatic heterocycles. The molecule has 1 fully saturated rings. The molecule has 0 radical (unpaired) electrons. The minimum Gasteiger partial charge on any atom is -0.368 e. The van der Waals surface area contributed by atoms with Gasteiger partial charge in [0.2, 0.25) is 0 Å². The van der Waals surface area contributed by atoms with Crippen molar-refractivity contribution >= 4 is 35.6 Å². The number of nitriles is 1. The number of likely N-dealkylation sites (N-methyl/N-ethyl adjacent to an activating group) is 1. The topological polar surface area (TPSA) is 84.5 Å². The number of anilines is 1. The van der Waals surface area contributed by atoms with Crippen LogP contribution in [0.5, 0.6) is 0 Å². The van der Waals surface area contributed by atoms with Gasteiger partial charge < -0.3 is 20.4 Å². The minimum atomic E-state index is 0. The summed E-state index contributed by atoms with van der Waals surface area (Å²) in [5.74, 6) is 0.832. The first-order chi connectivity index (χ1) is 15.0. The number of halogens is 1. The van der Waals surface area contributed by atoms with Gasteiger partial charge in [0.15, 0.2) is 5.96 Å². The number of hydrogen-bond acceptors (Lipinski definition) is 5. The smallest absolute Gasteiger partial charge is 0.191 e. The molecule has 9 heteroatoms. The molecule has 0 spiro atoms. The Kier molecular flexibility index (Phi) is 10.3. The molecule has 0 aliphatic carbocycles. The number of rotatable bonds is 7. The minimum absolute atomic E-state index is 0. The molecule has 1 aromatic carbocycles. The fourth-order valence-corrected chi connectivity index (χ4v) is 4.03. The number of piperidine rings is 1. The summed E-state index contributed by atoms with van der Waals surface area (Å²) in [6.45, 7) is 5.34. The van der Waals surface area contributed by atoms with Gasteiger partial charge in [-0.3, -0.25) is 9.67 Å². The van der Waals surface area contributed by atoms with Gasteiger partial charge in [0.1, 0.15) is 6.07 Å². The maximum Gasteiger partial charge on any atom is 0.191 e. The molecule has 2 atom stereocenters. The summed E-state index contributed by atoms with van der Waals surface area (Å²) in [5, 5.41) is 20.8. The first-order valence-electron chi connectivity index (χ1n) is 11.0. The second kappa shape index (κ2) is 12.6. The van der Waals surface area contributed by atoms with Gasteiger partial charge in [-0.2, -0.15) is 10.4 Å². The van der Waals surface area contributed by atoms with Crippen LogP contribution in [-0.4, -0.2) is 67.0 Å². The molecule has 2 aromatic rings. The van der Waals surface area contributed by atoms with Gasteiger partial charge in [-0.1, -0.05) is 12.1 Å². The van der Waals surface area contributed by atoms with E-state index in [-0.39, 0.29) is 36.1 Å². The Balaban J connectivity index is 0.00000363.